The van der Waals surface area contributed by atoms with Gasteiger partial charge in [-0.3, -0.25) is 9.36 Å². The van der Waals surface area contributed by atoms with Gasteiger partial charge in [0, 0.05) is 6.07 Å². The molecule has 0 fully saturated rings. The van der Waals surface area contributed by atoms with Gasteiger partial charge in [-0.05, 0) is 29.8 Å². The van der Waals surface area contributed by atoms with Gasteiger partial charge in [-0.25, -0.2) is 4.98 Å². The van der Waals surface area contributed by atoms with Crippen LogP contribution in [0.25, 0.3) is 5.69 Å². The van der Waals surface area contributed by atoms with Gasteiger partial charge in [0.15, 0.2) is 17.3 Å². The molecule has 0 radical (unpaired) electrons. The van der Waals surface area contributed by atoms with Crippen molar-refractivity contribution in [1.82, 2.24) is 9.55 Å². The number of aromatic hydroxyl groups is 1. The number of imidazole rings is 1. The lowest BCUT2D eigenvalue weighted by Crippen LogP contribution is -2.12. The van der Waals surface area contributed by atoms with Crippen LogP contribution < -0.4 is 19.5 Å². The van der Waals surface area contributed by atoms with Gasteiger partial charge in [0.05, 0.1) is 43.7 Å². The summed E-state index contributed by atoms with van der Waals surface area (Å²) in [4.78, 5) is 16.7. The van der Waals surface area contributed by atoms with Crippen molar-refractivity contribution in [1.29, 1.82) is 0 Å². The SMILES string of the molecule is COc1cccc(-n2cnc3c2C(c2cc(OC)c(O)c(OC)c2)SCC(=O)N3)c1. The molecule has 30 heavy (non-hydrogen) atoms. The van der Waals surface area contributed by atoms with Crippen LogP contribution in [-0.4, -0.2) is 47.6 Å². The maximum atomic E-state index is 12.3. The number of carbonyl (C=O) groups excluding carboxylic acids is 1. The van der Waals surface area contributed by atoms with E-state index in [1.807, 2.05) is 28.8 Å². The molecular formula is C21H21N3O5S. The first-order valence-corrected chi connectivity index (χ1v) is 10.2. The summed E-state index contributed by atoms with van der Waals surface area (Å²) in [6, 6.07) is 11.1. The molecule has 0 bridgehead atoms. The van der Waals surface area contributed by atoms with Crippen LogP contribution in [0.2, 0.25) is 0 Å². The Morgan fingerprint density at radius 2 is 1.87 bits per heavy atom. The fourth-order valence-corrected chi connectivity index (χ4v) is 4.50. The predicted octanol–water partition coefficient (Wildman–Crippen LogP) is 3.38. The third kappa shape index (κ3) is 3.52. The van der Waals surface area contributed by atoms with E-state index in [9.17, 15) is 9.90 Å². The van der Waals surface area contributed by atoms with Crippen LogP contribution >= 0.6 is 11.8 Å². The first-order chi connectivity index (χ1) is 14.5. The highest BCUT2D eigenvalue weighted by Crippen LogP contribution is 2.47. The van der Waals surface area contributed by atoms with Crippen LogP contribution in [0, 0.1) is 0 Å². The van der Waals surface area contributed by atoms with Crippen molar-refractivity contribution in [2.75, 3.05) is 32.4 Å². The second-order valence-electron chi connectivity index (χ2n) is 6.56. The van der Waals surface area contributed by atoms with Crippen molar-refractivity contribution in [3.8, 4) is 28.7 Å². The highest BCUT2D eigenvalue weighted by Gasteiger charge is 2.30. The number of aromatic nitrogens is 2. The zero-order chi connectivity index (χ0) is 21.3. The number of methoxy groups -OCH3 is 3. The fourth-order valence-electron chi connectivity index (χ4n) is 3.40. The Labute approximate surface area is 177 Å². The number of hydrogen-bond acceptors (Lipinski definition) is 7. The Kier molecular flexibility index (Phi) is 5.45. The lowest BCUT2D eigenvalue weighted by atomic mass is 10.1. The van der Waals surface area contributed by atoms with E-state index in [2.05, 4.69) is 10.3 Å². The standard InChI is InChI=1S/C21H21N3O5S/c1-27-14-6-4-5-13(9-14)24-11-22-21-18(24)20(30-10-17(25)23-21)12-7-15(28-2)19(26)16(8-12)29-3/h4-9,11,20,26H,10H2,1-3H3,(H,23,25). The largest absolute Gasteiger partial charge is 0.502 e. The smallest absolute Gasteiger partial charge is 0.235 e. The van der Waals surface area contributed by atoms with E-state index < -0.39 is 0 Å². The molecule has 1 amide bonds. The van der Waals surface area contributed by atoms with Crippen molar-refractivity contribution in [3.05, 3.63) is 54.0 Å². The molecule has 0 spiro atoms. The molecule has 1 unspecified atom stereocenters. The summed E-state index contributed by atoms with van der Waals surface area (Å²) < 4.78 is 17.9. The first kappa shape index (κ1) is 20.0. The van der Waals surface area contributed by atoms with Gasteiger partial charge in [-0.1, -0.05) is 6.07 Å². The molecule has 0 saturated heterocycles. The van der Waals surface area contributed by atoms with Crippen molar-refractivity contribution in [2.24, 2.45) is 0 Å². The summed E-state index contributed by atoms with van der Waals surface area (Å²) in [7, 11) is 4.58. The minimum atomic E-state index is -0.268. The van der Waals surface area contributed by atoms with E-state index in [1.54, 1.807) is 25.6 Å². The number of rotatable bonds is 5. The normalized spacial score (nSPS) is 15.7. The Balaban J connectivity index is 1.90. The number of nitrogens with one attached hydrogen (secondary N) is 1. The van der Waals surface area contributed by atoms with Crippen LogP contribution in [0.3, 0.4) is 0 Å². The second-order valence-corrected chi connectivity index (χ2v) is 7.66. The number of nitrogens with zero attached hydrogens (tertiary/aromatic N) is 2. The van der Waals surface area contributed by atoms with Crippen LogP contribution in [0.1, 0.15) is 16.5 Å². The number of benzene rings is 2. The topological polar surface area (TPSA) is 94.8 Å². The number of carbonyl (C=O) groups is 1. The minimum absolute atomic E-state index is 0.0712. The van der Waals surface area contributed by atoms with Crippen molar-refractivity contribution in [3.63, 3.8) is 0 Å². The molecule has 9 heteroatoms. The highest BCUT2D eigenvalue weighted by molar-refractivity contribution is 8.00. The maximum absolute atomic E-state index is 12.3. The number of phenolic OH excluding ortho intramolecular Hbond substituents is 1. The number of amides is 1. The Hall–Kier alpha value is -3.33. The number of phenols is 1. The number of thioether (sulfide) groups is 1. The Morgan fingerprint density at radius 1 is 1.13 bits per heavy atom. The van der Waals surface area contributed by atoms with Crippen molar-refractivity contribution >= 4 is 23.5 Å². The van der Waals surface area contributed by atoms with Crippen LogP contribution in [0.4, 0.5) is 5.82 Å². The van der Waals surface area contributed by atoms with E-state index in [0.717, 1.165) is 16.9 Å². The van der Waals surface area contributed by atoms with Gasteiger partial charge >= 0.3 is 0 Å². The van der Waals surface area contributed by atoms with E-state index in [1.165, 1.54) is 26.0 Å². The van der Waals surface area contributed by atoms with Crippen molar-refractivity contribution < 1.29 is 24.1 Å². The van der Waals surface area contributed by atoms with Gasteiger partial charge in [0.1, 0.15) is 12.1 Å². The molecule has 2 heterocycles. The molecule has 4 rings (SSSR count). The molecule has 0 saturated carbocycles. The highest BCUT2D eigenvalue weighted by atomic mass is 32.2. The average molecular weight is 427 g/mol. The zero-order valence-corrected chi connectivity index (χ0v) is 17.5. The average Bonchev–Trinajstić information content (AvgIpc) is 3.10. The first-order valence-electron chi connectivity index (χ1n) is 9.13. The van der Waals surface area contributed by atoms with E-state index >= 15 is 0 Å². The van der Waals surface area contributed by atoms with E-state index in [-0.39, 0.29) is 22.7 Å². The van der Waals surface area contributed by atoms with E-state index in [0.29, 0.717) is 23.1 Å². The molecule has 2 N–H and O–H groups in total. The van der Waals surface area contributed by atoms with Crippen LogP contribution in [-0.2, 0) is 4.79 Å². The quantitative estimate of drug-likeness (QED) is 0.645. The summed E-state index contributed by atoms with van der Waals surface area (Å²) in [6.07, 6.45) is 1.67. The summed E-state index contributed by atoms with van der Waals surface area (Å²) in [5, 5.41) is 12.9. The molecule has 0 aliphatic carbocycles. The predicted molar refractivity (Wildman–Crippen MR) is 114 cm³/mol. The molecule has 1 aliphatic rings. The third-order valence-electron chi connectivity index (χ3n) is 4.83. The minimum Gasteiger partial charge on any atom is -0.502 e. The van der Waals surface area contributed by atoms with Gasteiger partial charge in [-0.15, -0.1) is 11.8 Å². The van der Waals surface area contributed by atoms with Crippen LogP contribution in [0.5, 0.6) is 23.0 Å². The van der Waals surface area contributed by atoms with Gasteiger partial charge < -0.3 is 24.6 Å². The molecule has 2 aromatic carbocycles. The molecule has 1 atom stereocenters. The molecule has 3 aromatic rings. The molecule has 1 aromatic heterocycles. The maximum Gasteiger partial charge on any atom is 0.235 e. The summed E-state index contributed by atoms with van der Waals surface area (Å²) >= 11 is 1.46. The molecule has 156 valence electrons. The Morgan fingerprint density at radius 3 is 2.53 bits per heavy atom. The molecule has 1 aliphatic heterocycles. The molecule has 8 nitrogen and oxygen atoms in total. The zero-order valence-electron chi connectivity index (χ0n) is 16.7. The third-order valence-corrected chi connectivity index (χ3v) is 6.09. The monoisotopic (exact) mass is 427 g/mol. The van der Waals surface area contributed by atoms with Gasteiger partial charge in [-0.2, -0.15) is 0 Å². The second kappa shape index (κ2) is 8.19. The fraction of sp³-hybridized carbons (Fsp3) is 0.238. The lowest BCUT2D eigenvalue weighted by molar-refractivity contribution is -0.113. The lowest BCUT2D eigenvalue weighted by Gasteiger charge is -2.20. The number of anilines is 1. The van der Waals surface area contributed by atoms with Crippen LogP contribution in [0.15, 0.2) is 42.7 Å². The number of hydrogen-bond donors (Lipinski definition) is 2. The molecular weight excluding hydrogens is 406 g/mol. The number of fused-ring (bicyclic) bond motifs is 1. The summed E-state index contributed by atoms with van der Waals surface area (Å²) in [6.45, 7) is 0. The van der Waals surface area contributed by atoms with Gasteiger partial charge in [0.25, 0.3) is 0 Å². The van der Waals surface area contributed by atoms with E-state index in [4.69, 9.17) is 14.2 Å². The van der Waals surface area contributed by atoms with Crippen molar-refractivity contribution in [2.45, 2.75) is 5.25 Å². The van der Waals surface area contributed by atoms with Gasteiger partial charge in [0.2, 0.25) is 11.7 Å². The summed E-state index contributed by atoms with van der Waals surface area (Å²) in [5.74, 6) is 1.85. The number of ether oxygens (including phenoxy) is 3. The summed E-state index contributed by atoms with van der Waals surface area (Å²) in [5.41, 5.74) is 2.46. The Bertz CT molecular complexity index is 1070.